The number of hydrogen-bond acceptors (Lipinski definition) is 5. The normalized spacial score (nSPS) is 13.2. The molecule has 2 atom stereocenters. The quantitative estimate of drug-likeness (QED) is 0.610. The summed E-state index contributed by atoms with van der Waals surface area (Å²) in [4.78, 5) is 27.1. The van der Waals surface area contributed by atoms with Gasteiger partial charge in [-0.25, -0.2) is 0 Å². The van der Waals surface area contributed by atoms with Crippen molar-refractivity contribution in [2.45, 2.75) is 32.5 Å². The van der Waals surface area contributed by atoms with E-state index in [4.69, 9.17) is 5.73 Å². The molecule has 0 aliphatic rings. The highest BCUT2D eigenvalue weighted by Crippen LogP contribution is 2.20. The molecule has 0 radical (unpaired) electrons. The molecule has 0 spiro atoms. The monoisotopic (exact) mass is 389 g/mol. The molecular weight excluding hydrogens is 362 g/mol. The van der Waals surface area contributed by atoms with E-state index in [9.17, 15) is 14.7 Å². The SMILES string of the molecule is CC(C)[C@H](N)C(=O)NCC(=O)N(Cc1ccccc1)CC(O)c1cccs1. The van der Waals surface area contributed by atoms with Gasteiger partial charge in [0.25, 0.3) is 0 Å². The lowest BCUT2D eigenvalue weighted by Crippen LogP contribution is -2.48. The predicted octanol–water partition coefficient (Wildman–Crippen LogP) is 1.91. The molecule has 0 aliphatic heterocycles. The van der Waals surface area contributed by atoms with Crippen LogP contribution in [0, 0.1) is 5.92 Å². The Balaban J connectivity index is 2.03. The number of carbonyl (C=O) groups excluding carboxylic acids is 2. The van der Waals surface area contributed by atoms with Crippen LogP contribution < -0.4 is 11.1 Å². The zero-order valence-corrected chi connectivity index (χ0v) is 16.5. The molecule has 6 nitrogen and oxygen atoms in total. The van der Waals surface area contributed by atoms with Gasteiger partial charge in [0, 0.05) is 11.4 Å². The second kappa shape index (κ2) is 10.2. The summed E-state index contributed by atoms with van der Waals surface area (Å²) in [6.45, 7) is 4.06. The van der Waals surface area contributed by atoms with Crippen LogP contribution in [0.15, 0.2) is 47.8 Å². The highest BCUT2D eigenvalue weighted by molar-refractivity contribution is 7.10. The Morgan fingerprint density at radius 2 is 1.89 bits per heavy atom. The Labute approximate surface area is 164 Å². The van der Waals surface area contributed by atoms with Crippen molar-refractivity contribution in [2.75, 3.05) is 13.1 Å². The minimum absolute atomic E-state index is 0.0128. The number of thiophene rings is 1. The molecule has 0 saturated heterocycles. The minimum Gasteiger partial charge on any atom is -0.386 e. The molecule has 0 aliphatic carbocycles. The minimum atomic E-state index is -0.772. The number of nitrogens with two attached hydrogens (primary N) is 1. The van der Waals surface area contributed by atoms with Crippen LogP contribution in [0.3, 0.4) is 0 Å². The van der Waals surface area contributed by atoms with Crippen molar-refractivity contribution in [1.29, 1.82) is 0 Å². The van der Waals surface area contributed by atoms with Crippen LogP contribution in [0.4, 0.5) is 0 Å². The fourth-order valence-corrected chi connectivity index (χ4v) is 3.24. The molecular formula is C20H27N3O3S. The van der Waals surface area contributed by atoms with Gasteiger partial charge in [0.05, 0.1) is 19.1 Å². The lowest BCUT2D eigenvalue weighted by molar-refractivity contribution is -0.135. The highest BCUT2D eigenvalue weighted by Gasteiger charge is 2.22. The highest BCUT2D eigenvalue weighted by atomic mass is 32.1. The number of nitrogens with one attached hydrogen (secondary N) is 1. The molecule has 1 unspecified atom stereocenters. The van der Waals surface area contributed by atoms with Gasteiger partial charge in [-0.05, 0) is 22.9 Å². The number of benzene rings is 1. The number of rotatable bonds is 9. The maximum Gasteiger partial charge on any atom is 0.242 e. The Bertz CT molecular complexity index is 719. The zero-order valence-electron chi connectivity index (χ0n) is 15.7. The predicted molar refractivity (Wildman–Crippen MR) is 107 cm³/mol. The molecule has 2 amide bonds. The molecule has 27 heavy (non-hydrogen) atoms. The van der Waals surface area contributed by atoms with E-state index in [1.54, 1.807) is 4.90 Å². The van der Waals surface area contributed by atoms with E-state index in [0.29, 0.717) is 6.54 Å². The summed E-state index contributed by atoms with van der Waals surface area (Å²) >= 11 is 1.44. The Hall–Kier alpha value is -2.22. The summed E-state index contributed by atoms with van der Waals surface area (Å²) in [5.41, 5.74) is 6.77. The third-order valence-corrected chi connectivity index (χ3v) is 5.24. The van der Waals surface area contributed by atoms with Gasteiger partial charge >= 0.3 is 0 Å². The Kier molecular flexibility index (Phi) is 7.97. The van der Waals surface area contributed by atoms with E-state index < -0.39 is 12.1 Å². The summed E-state index contributed by atoms with van der Waals surface area (Å²) < 4.78 is 0. The maximum absolute atomic E-state index is 12.7. The summed E-state index contributed by atoms with van der Waals surface area (Å²) in [5.74, 6) is -0.628. The van der Waals surface area contributed by atoms with E-state index in [2.05, 4.69) is 5.32 Å². The maximum atomic E-state index is 12.7. The van der Waals surface area contributed by atoms with Crippen LogP contribution in [-0.4, -0.2) is 41.0 Å². The first kappa shape index (κ1) is 21.1. The van der Waals surface area contributed by atoms with Crippen molar-refractivity contribution < 1.29 is 14.7 Å². The van der Waals surface area contributed by atoms with Crippen LogP contribution in [0.5, 0.6) is 0 Å². The van der Waals surface area contributed by atoms with Crippen molar-refractivity contribution in [3.05, 3.63) is 58.3 Å². The van der Waals surface area contributed by atoms with E-state index in [1.807, 2.05) is 61.7 Å². The number of aliphatic hydroxyl groups excluding tert-OH is 1. The standard InChI is InChI=1S/C20H27N3O3S/c1-14(2)19(21)20(26)22-11-18(25)23(12-15-7-4-3-5-8-15)13-16(24)17-9-6-10-27-17/h3-10,14,16,19,24H,11-13,21H2,1-2H3,(H,22,26)/t16?,19-/m0/s1. The van der Waals surface area contributed by atoms with Gasteiger partial charge in [-0.15, -0.1) is 11.3 Å². The van der Waals surface area contributed by atoms with Gasteiger partial charge < -0.3 is 21.1 Å². The molecule has 4 N–H and O–H groups in total. The summed E-state index contributed by atoms with van der Waals surface area (Å²) in [7, 11) is 0. The largest absolute Gasteiger partial charge is 0.386 e. The molecule has 0 saturated carbocycles. The molecule has 7 heteroatoms. The second-order valence-corrected chi connectivity index (χ2v) is 7.76. The van der Waals surface area contributed by atoms with Crippen molar-refractivity contribution in [3.8, 4) is 0 Å². The summed E-state index contributed by atoms with van der Waals surface area (Å²) in [6, 6.07) is 12.6. The molecule has 1 aromatic carbocycles. The van der Waals surface area contributed by atoms with Crippen LogP contribution in [0.2, 0.25) is 0 Å². The fraction of sp³-hybridized carbons (Fsp3) is 0.400. The van der Waals surface area contributed by atoms with E-state index in [-0.39, 0.29) is 30.8 Å². The van der Waals surface area contributed by atoms with Gasteiger partial charge in [0.15, 0.2) is 0 Å². The van der Waals surface area contributed by atoms with E-state index in [1.165, 1.54) is 11.3 Å². The van der Waals surface area contributed by atoms with Crippen LogP contribution >= 0.6 is 11.3 Å². The van der Waals surface area contributed by atoms with E-state index in [0.717, 1.165) is 10.4 Å². The number of aliphatic hydroxyl groups is 1. The second-order valence-electron chi connectivity index (χ2n) is 6.78. The number of carbonyl (C=O) groups is 2. The lowest BCUT2D eigenvalue weighted by atomic mass is 10.1. The van der Waals surface area contributed by atoms with E-state index >= 15 is 0 Å². The van der Waals surface area contributed by atoms with Crippen LogP contribution in [-0.2, 0) is 16.1 Å². The average molecular weight is 390 g/mol. The molecule has 2 rings (SSSR count). The molecule has 1 heterocycles. The van der Waals surface area contributed by atoms with Gasteiger partial charge in [-0.1, -0.05) is 50.2 Å². The lowest BCUT2D eigenvalue weighted by Gasteiger charge is -2.26. The Morgan fingerprint density at radius 1 is 1.19 bits per heavy atom. The average Bonchev–Trinajstić information content (AvgIpc) is 3.20. The first-order valence-electron chi connectivity index (χ1n) is 8.95. The molecule has 146 valence electrons. The van der Waals surface area contributed by atoms with Gasteiger partial charge in [0.2, 0.25) is 11.8 Å². The van der Waals surface area contributed by atoms with Gasteiger partial charge in [-0.3, -0.25) is 9.59 Å². The number of amides is 2. The molecule has 0 bridgehead atoms. The third kappa shape index (κ3) is 6.46. The zero-order chi connectivity index (χ0) is 19.8. The summed E-state index contributed by atoms with van der Waals surface area (Å²) in [6.07, 6.45) is -0.772. The first-order chi connectivity index (χ1) is 12.9. The molecule has 2 aromatic rings. The number of hydrogen-bond donors (Lipinski definition) is 3. The van der Waals surface area contributed by atoms with Crippen molar-refractivity contribution in [2.24, 2.45) is 11.7 Å². The first-order valence-corrected chi connectivity index (χ1v) is 9.83. The smallest absolute Gasteiger partial charge is 0.242 e. The van der Waals surface area contributed by atoms with Gasteiger partial charge in [-0.2, -0.15) is 0 Å². The van der Waals surface area contributed by atoms with Crippen molar-refractivity contribution in [3.63, 3.8) is 0 Å². The van der Waals surface area contributed by atoms with Crippen LogP contribution in [0.1, 0.15) is 30.4 Å². The molecule has 0 fully saturated rings. The van der Waals surface area contributed by atoms with Crippen molar-refractivity contribution in [1.82, 2.24) is 10.2 Å². The van der Waals surface area contributed by atoms with Crippen molar-refractivity contribution >= 4 is 23.2 Å². The Morgan fingerprint density at radius 3 is 2.48 bits per heavy atom. The van der Waals surface area contributed by atoms with Gasteiger partial charge in [0.1, 0.15) is 6.10 Å². The molecule has 1 aromatic heterocycles. The number of nitrogens with zero attached hydrogens (tertiary/aromatic N) is 1. The third-order valence-electron chi connectivity index (χ3n) is 4.27. The van der Waals surface area contributed by atoms with Crippen LogP contribution in [0.25, 0.3) is 0 Å². The fourth-order valence-electron chi connectivity index (χ4n) is 2.53. The topological polar surface area (TPSA) is 95.7 Å². The summed E-state index contributed by atoms with van der Waals surface area (Å²) in [5, 5.41) is 14.9.